The number of nitrogens with zero attached hydrogens (tertiary/aromatic N) is 2. The molecule has 1 amide bonds. The number of benzene rings is 1. The first-order chi connectivity index (χ1) is 12.5. The average Bonchev–Trinajstić information content (AvgIpc) is 2.99. The maximum atomic E-state index is 12.6. The number of nitrogens with one attached hydrogen (secondary N) is 1. The molecule has 2 unspecified atom stereocenters. The Labute approximate surface area is 155 Å². The quantitative estimate of drug-likeness (QED) is 0.863. The number of carbonyl (C=O) groups excluding carboxylic acids is 1. The predicted octanol–water partition coefficient (Wildman–Crippen LogP) is 3.35. The van der Waals surface area contributed by atoms with Crippen LogP contribution in [0.4, 0.5) is 0 Å². The van der Waals surface area contributed by atoms with Crippen LogP contribution in [0.15, 0.2) is 28.8 Å². The Balaban J connectivity index is 1.60. The number of hydrogen-bond donors (Lipinski definition) is 1. The van der Waals surface area contributed by atoms with Crippen molar-refractivity contribution in [3.8, 4) is 0 Å². The lowest BCUT2D eigenvalue weighted by atomic mass is 9.97. The molecule has 5 nitrogen and oxygen atoms in total. The molecule has 0 bridgehead atoms. The topological polar surface area (TPSA) is 58.4 Å². The third-order valence-electron chi connectivity index (χ3n) is 5.57. The highest BCUT2D eigenvalue weighted by Gasteiger charge is 2.26. The van der Waals surface area contributed by atoms with Crippen LogP contribution < -0.4 is 5.32 Å². The van der Waals surface area contributed by atoms with Crippen molar-refractivity contribution in [2.75, 3.05) is 13.1 Å². The molecule has 0 saturated heterocycles. The van der Waals surface area contributed by atoms with Crippen LogP contribution in [-0.4, -0.2) is 35.1 Å². The van der Waals surface area contributed by atoms with E-state index in [1.54, 1.807) is 0 Å². The molecule has 0 aliphatic carbocycles. The molecule has 0 radical (unpaired) electrons. The van der Waals surface area contributed by atoms with Gasteiger partial charge in [0.2, 0.25) is 5.91 Å². The van der Waals surface area contributed by atoms with Gasteiger partial charge >= 0.3 is 0 Å². The highest BCUT2D eigenvalue weighted by molar-refractivity contribution is 5.83. The Hall–Kier alpha value is -2.14. The van der Waals surface area contributed by atoms with Crippen molar-refractivity contribution in [2.24, 2.45) is 0 Å². The second kappa shape index (κ2) is 8.04. The second-order valence-corrected chi connectivity index (χ2v) is 7.26. The summed E-state index contributed by atoms with van der Waals surface area (Å²) in [4.78, 5) is 15.1. The van der Waals surface area contributed by atoms with Crippen molar-refractivity contribution >= 4 is 5.91 Å². The normalized spacial score (nSPS) is 16.8. The Kier molecular flexibility index (Phi) is 5.77. The summed E-state index contributed by atoms with van der Waals surface area (Å²) < 4.78 is 5.20. The van der Waals surface area contributed by atoms with Gasteiger partial charge in [0.1, 0.15) is 5.76 Å². The fourth-order valence-corrected chi connectivity index (χ4v) is 3.97. The van der Waals surface area contributed by atoms with Gasteiger partial charge in [-0.1, -0.05) is 36.3 Å². The molecule has 1 aromatic heterocycles. The van der Waals surface area contributed by atoms with Crippen LogP contribution in [0.1, 0.15) is 54.3 Å². The monoisotopic (exact) mass is 355 g/mol. The summed E-state index contributed by atoms with van der Waals surface area (Å²) in [5, 5.41) is 7.11. The van der Waals surface area contributed by atoms with Crippen molar-refractivity contribution in [3.05, 3.63) is 52.4 Å². The Morgan fingerprint density at radius 3 is 2.69 bits per heavy atom. The number of hydrogen-bond acceptors (Lipinski definition) is 4. The van der Waals surface area contributed by atoms with Gasteiger partial charge in [0.15, 0.2) is 0 Å². The molecule has 1 N–H and O–H groups in total. The van der Waals surface area contributed by atoms with E-state index in [1.807, 2.05) is 20.8 Å². The molecule has 2 atom stereocenters. The third-order valence-corrected chi connectivity index (χ3v) is 5.57. The number of aryl methyl sites for hydroxylation is 2. The lowest BCUT2D eigenvalue weighted by Crippen LogP contribution is -2.46. The second-order valence-electron chi connectivity index (χ2n) is 7.26. The molecular weight excluding hydrogens is 326 g/mol. The van der Waals surface area contributed by atoms with Gasteiger partial charge in [-0.2, -0.15) is 0 Å². The maximum Gasteiger partial charge on any atom is 0.227 e. The first-order valence-corrected chi connectivity index (χ1v) is 9.52. The molecule has 5 heteroatoms. The van der Waals surface area contributed by atoms with E-state index in [0.717, 1.165) is 42.9 Å². The highest BCUT2D eigenvalue weighted by Crippen LogP contribution is 2.24. The Morgan fingerprint density at radius 2 is 2.04 bits per heavy atom. The van der Waals surface area contributed by atoms with Gasteiger partial charge in [-0.3, -0.25) is 9.69 Å². The van der Waals surface area contributed by atoms with E-state index >= 15 is 0 Å². The largest absolute Gasteiger partial charge is 0.361 e. The number of amides is 1. The first-order valence-electron chi connectivity index (χ1n) is 9.52. The van der Waals surface area contributed by atoms with Crippen LogP contribution in [-0.2, 0) is 17.8 Å². The summed E-state index contributed by atoms with van der Waals surface area (Å²) in [6.45, 7) is 10.5. The molecule has 1 aliphatic rings. The van der Waals surface area contributed by atoms with E-state index in [1.165, 1.54) is 11.1 Å². The van der Waals surface area contributed by atoms with Gasteiger partial charge in [-0.25, -0.2) is 0 Å². The molecule has 1 aliphatic heterocycles. The van der Waals surface area contributed by atoms with Gasteiger partial charge in [-0.15, -0.1) is 0 Å². The summed E-state index contributed by atoms with van der Waals surface area (Å²) >= 11 is 0. The predicted molar refractivity (Wildman–Crippen MR) is 102 cm³/mol. The van der Waals surface area contributed by atoms with Crippen molar-refractivity contribution in [1.29, 1.82) is 0 Å². The SMILES string of the molecule is CCC(CNC(=O)C(C)c1c(C)noc1C)N1CCc2ccccc2C1. The molecule has 1 aromatic carbocycles. The average molecular weight is 355 g/mol. The fourth-order valence-electron chi connectivity index (χ4n) is 3.97. The molecule has 0 fully saturated rings. The van der Waals surface area contributed by atoms with Crippen LogP contribution in [0, 0.1) is 13.8 Å². The number of rotatable bonds is 6. The van der Waals surface area contributed by atoms with Gasteiger partial charge in [0.05, 0.1) is 11.6 Å². The van der Waals surface area contributed by atoms with Gasteiger partial charge in [0.25, 0.3) is 0 Å². The minimum absolute atomic E-state index is 0.0373. The number of fused-ring (bicyclic) bond motifs is 1. The highest BCUT2D eigenvalue weighted by atomic mass is 16.5. The Bertz CT molecular complexity index is 749. The van der Waals surface area contributed by atoms with E-state index in [4.69, 9.17) is 4.52 Å². The van der Waals surface area contributed by atoms with E-state index in [9.17, 15) is 4.79 Å². The first kappa shape index (κ1) is 18.6. The summed E-state index contributed by atoms with van der Waals surface area (Å²) in [5.41, 5.74) is 4.56. The van der Waals surface area contributed by atoms with Crippen molar-refractivity contribution in [1.82, 2.24) is 15.4 Å². The lowest BCUT2D eigenvalue weighted by Gasteiger charge is -2.35. The zero-order chi connectivity index (χ0) is 18.7. The van der Waals surface area contributed by atoms with E-state index in [0.29, 0.717) is 12.6 Å². The van der Waals surface area contributed by atoms with Crippen molar-refractivity contribution < 1.29 is 9.32 Å². The van der Waals surface area contributed by atoms with Gasteiger partial charge in [-0.05, 0) is 44.7 Å². The third kappa shape index (κ3) is 3.83. The number of carbonyl (C=O) groups is 1. The van der Waals surface area contributed by atoms with Gasteiger partial charge in [0, 0.05) is 31.2 Å². The molecule has 2 heterocycles. The van der Waals surface area contributed by atoms with Crippen molar-refractivity contribution in [2.45, 2.75) is 59.0 Å². The minimum Gasteiger partial charge on any atom is -0.361 e. The minimum atomic E-state index is -0.249. The summed E-state index contributed by atoms with van der Waals surface area (Å²) in [5.74, 6) is 0.515. The molecule has 140 valence electrons. The molecule has 3 rings (SSSR count). The van der Waals surface area contributed by atoms with Crippen LogP contribution >= 0.6 is 0 Å². The van der Waals surface area contributed by atoms with Crippen LogP contribution in [0.5, 0.6) is 0 Å². The Morgan fingerprint density at radius 1 is 1.31 bits per heavy atom. The molecule has 26 heavy (non-hydrogen) atoms. The van der Waals surface area contributed by atoms with Crippen LogP contribution in [0.2, 0.25) is 0 Å². The zero-order valence-electron chi connectivity index (χ0n) is 16.2. The standard InChI is InChI=1S/C21H29N3O2/c1-5-19(24-11-10-17-8-6-7-9-18(17)13-24)12-22-21(25)14(2)20-15(3)23-26-16(20)4/h6-9,14,19H,5,10-13H2,1-4H3,(H,22,25). The molecule has 0 saturated carbocycles. The van der Waals surface area contributed by atoms with Crippen LogP contribution in [0.25, 0.3) is 0 Å². The summed E-state index contributed by atoms with van der Waals surface area (Å²) in [6, 6.07) is 9.01. The molecule has 0 spiro atoms. The van der Waals surface area contributed by atoms with Gasteiger partial charge < -0.3 is 9.84 Å². The zero-order valence-corrected chi connectivity index (χ0v) is 16.2. The van der Waals surface area contributed by atoms with Crippen molar-refractivity contribution in [3.63, 3.8) is 0 Å². The van der Waals surface area contributed by atoms with E-state index < -0.39 is 0 Å². The fraction of sp³-hybridized carbons (Fsp3) is 0.524. The lowest BCUT2D eigenvalue weighted by molar-refractivity contribution is -0.122. The smallest absolute Gasteiger partial charge is 0.227 e. The molecular formula is C21H29N3O2. The van der Waals surface area contributed by atoms with E-state index in [-0.39, 0.29) is 11.8 Å². The summed E-state index contributed by atoms with van der Waals surface area (Å²) in [6.07, 6.45) is 2.10. The molecule has 2 aromatic rings. The number of aromatic nitrogens is 1. The summed E-state index contributed by atoms with van der Waals surface area (Å²) in [7, 11) is 0. The van der Waals surface area contributed by atoms with E-state index in [2.05, 4.69) is 46.6 Å². The van der Waals surface area contributed by atoms with Crippen LogP contribution in [0.3, 0.4) is 0 Å². The maximum absolute atomic E-state index is 12.6.